The molecular weight excluding hydrogens is 504 g/mol. The van der Waals surface area contributed by atoms with Gasteiger partial charge in [0.05, 0.1) is 0 Å². The highest BCUT2D eigenvalue weighted by atomic mass is 19.3. The molecule has 0 unspecified atom stereocenters. The van der Waals surface area contributed by atoms with Crippen molar-refractivity contribution in [1.29, 1.82) is 0 Å². The lowest BCUT2D eigenvalue weighted by molar-refractivity contribution is -0.0522. The summed E-state index contributed by atoms with van der Waals surface area (Å²) in [5.41, 5.74) is 3.35. The molecule has 206 valence electrons. The van der Waals surface area contributed by atoms with Crippen LogP contribution in [-0.4, -0.2) is 16.6 Å². The maximum atomic E-state index is 15.2. The Morgan fingerprint density at radius 3 is 2.18 bits per heavy atom. The maximum absolute atomic E-state index is 15.2. The molecule has 0 radical (unpaired) electrons. The molecule has 39 heavy (non-hydrogen) atoms. The average Bonchev–Trinajstić information content (AvgIpc) is 2.93. The fourth-order valence-electron chi connectivity index (χ4n) is 4.73. The molecule has 1 heterocycles. The Bertz CT molecular complexity index is 1360. The smallest absolute Gasteiger partial charge is 0.387 e. The summed E-state index contributed by atoms with van der Waals surface area (Å²) >= 11 is 0. The number of hydrogen-bond donors (Lipinski definition) is 0. The van der Waals surface area contributed by atoms with Crippen molar-refractivity contribution in [3.8, 4) is 5.75 Å². The van der Waals surface area contributed by atoms with E-state index in [2.05, 4.69) is 21.6 Å². The number of hydrogen-bond acceptors (Lipinski definition) is 3. The van der Waals surface area contributed by atoms with E-state index in [1.807, 2.05) is 30.6 Å². The van der Waals surface area contributed by atoms with Gasteiger partial charge in [0.2, 0.25) is 0 Å². The quantitative estimate of drug-likeness (QED) is 0.119. The van der Waals surface area contributed by atoms with Crippen LogP contribution in [0.25, 0.3) is 10.8 Å². The number of aryl methyl sites for hydroxylation is 5. The van der Waals surface area contributed by atoms with Crippen LogP contribution in [-0.2, 0) is 32.1 Å². The predicted octanol–water partition coefficient (Wildman–Crippen LogP) is 8.59. The van der Waals surface area contributed by atoms with Gasteiger partial charge < -0.3 is 4.74 Å². The first kappa shape index (κ1) is 28.5. The first-order chi connectivity index (χ1) is 18.9. The maximum Gasteiger partial charge on any atom is 0.387 e. The Morgan fingerprint density at radius 1 is 0.718 bits per heavy atom. The van der Waals surface area contributed by atoms with Gasteiger partial charge in [0, 0.05) is 24.2 Å². The van der Waals surface area contributed by atoms with E-state index in [1.165, 1.54) is 49.8 Å². The monoisotopic (exact) mass is 538 g/mol. The van der Waals surface area contributed by atoms with Crippen LogP contribution in [0.1, 0.15) is 67.1 Å². The van der Waals surface area contributed by atoms with Crippen LogP contribution in [0.4, 0.5) is 17.6 Å². The van der Waals surface area contributed by atoms with E-state index in [0.29, 0.717) is 35.8 Å². The average molecular weight is 539 g/mol. The van der Waals surface area contributed by atoms with Crippen molar-refractivity contribution < 1.29 is 22.3 Å². The van der Waals surface area contributed by atoms with Crippen LogP contribution in [0, 0.1) is 11.6 Å². The second-order valence-corrected chi connectivity index (χ2v) is 9.91. The minimum atomic E-state index is -3.09. The molecule has 0 amide bonds. The molecule has 0 saturated heterocycles. The number of halogens is 4. The molecule has 4 rings (SSSR count). The molecule has 0 bridgehead atoms. The molecule has 0 N–H and O–H groups in total. The third-order valence-electron chi connectivity index (χ3n) is 6.96. The van der Waals surface area contributed by atoms with Crippen molar-refractivity contribution in [3.63, 3.8) is 0 Å². The van der Waals surface area contributed by atoms with Crippen molar-refractivity contribution >= 4 is 10.8 Å². The Labute approximate surface area is 227 Å². The molecule has 3 nitrogen and oxygen atoms in total. The lowest BCUT2D eigenvalue weighted by Crippen LogP contribution is -2.04. The van der Waals surface area contributed by atoms with Gasteiger partial charge in [0.1, 0.15) is 11.6 Å². The van der Waals surface area contributed by atoms with E-state index in [-0.39, 0.29) is 5.82 Å². The lowest BCUT2D eigenvalue weighted by Gasteiger charge is -2.10. The van der Waals surface area contributed by atoms with Gasteiger partial charge in [-0.1, -0.05) is 69.0 Å². The molecule has 0 saturated carbocycles. The predicted molar refractivity (Wildman–Crippen MR) is 146 cm³/mol. The Hall–Kier alpha value is -3.48. The van der Waals surface area contributed by atoms with Crippen molar-refractivity contribution in [2.75, 3.05) is 0 Å². The van der Waals surface area contributed by atoms with E-state index in [4.69, 9.17) is 0 Å². The van der Waals surface area contributed by atoms with Gasteiger partial charge in [0.15, 0.2) is 11.6 Å². The normalized spacial score (nSPS) is 11.4. The van der Waals surface area contributed by atoms with Gasteiger partial charge in [-0.25, -0.2) is 18.7 Å². The summed E-state index contributed by atoms with van der Waals surface area (Å²) in [4.78, 5) is 9.06. The number of alkyl halides is 2. The summed E-state index contributed by atoms with van der Waals surface area (Å²) in [6.45, 7) is -0.873. The Morgan fingerprint density at radius 2 is 1.44 bits per heavy atom. The number of ether oxygens (including phenoxy) is 1. The lowest BCUT2D eigenvalue weighted by atomic mass is 9.98. The molecule has 1 aromatic heterocycles. The molecule has 0 aliphatic rings. The molecule has 0 aliphatic heterocycles. The Kier molecular flexibility index (Phi) is 10.3. The Balaban J connectivity index is 1.32. The van der Waals surface area contributed by atoms with Crippen LogP contribution in [0.2, 0.25) is 0 Å². The summed E-state index contributed by atoms with van der Waals surface area (Å²) in [7, 11) is 0. The SMILES string of the molecule is CCCCCCCc1cnc(CCc2ccc3c(F)c(CCc4ccc(OC(F)F)c(F)c4)ccc3c2)nc1. The molecular formula is C32H34F4N2O. The summed E-state index contributed by atoms with van der Waals surface area (Å²) in [6, 6.07) is 13.2. The van der Waals surface area contributed by atoms with Crippen LogP contribution in [0.3, 0.4) is 0 Å². The number of benzene rings is 3. The first-order valence-electron chi connectivity index (χ1n) is 13.7. The fourth-order valence-corrected chi connectivity index (χ4v) is 4.73. The molecule has 0 atom stereocenters. The number of rotatable bonds is 14. The number of fused-ring (bicyclic) bond motifs is 1. The first-order valence-corrected chi connectivity index (χ1v) is 13.7. The van der Waals surface area contributed by atoms with Gasteiger partial charge >= 0.3 is 6.61 Å². The molecule has 3 aromatic carbocycles. The molecule has 0 fully saturated rings. The molecule has 4 aromatic rings. The standard InChI is InChI=1S/C32H34F4N2O/c1-2-3-4-5-6-7-24-20-37-30(38-21-24)17-11-22-9-15-27-26(18-22)14-13-25(31(27)34)12-8-23-10-16-29(28(33)19-23)39-32(35)36/h9-10,13-16,18-21,32H,2-8,11-12,17H2,1H3. The van der Waals surface area contributed by atoms with Gasteiger partial charge in [0.25, 0.3) is 0 Å². The van der Waals surface area contributed by atoms with Crippen LogP contribution in [0.5, 0.6) is 5.75 Å². The molecule has 0 aliphatic carbocycles. The molecule has 7 heteroatoms. The van der Waals surface area contributed by atoms with Crippen LogP contribution < -0.4 is 4.74 Å². The third kappa shape index (κ3) is 8.25. The highest BCUT2D eigenvalue weighted by Gasteiger charge is 2.12. The van der Waals surface area contributed by atoms with E-state index >= 15 is 4.39 Å². The summed E-state index contributed by atoms with van der Waals surface area (Å²) < 4.78 is 58.0. The summed E-state index contributed by atoms with van der Waals surface area (Å²) in [5.74, 6) is -0.862. The second-order valence-electron chi connectivity index (χ2n) is 9.91. The van der Waals surface area contributed by atoms with Gasteiger partial charge in [-0.3, -0.25) is 0 Å². The topological polar surface area (TPSA) is 35.0 Å². The van der Waals surface area contributed by atoms with Crippen molar-refractivity contribution in [1.82, 2.24) is 9.97 Å². The highest BCUT2D eigenvalue weighted by Crippen LogP contribution is 2.25. The number of aromatic nitrogens is 2. The minimum absolute atomic E-state index is 0.300. The van der Waals surface area contributed by atoms with Crippen LogP contribution in [0.15, 0.2) is 60.9 Å². The van der Waals surface area contributed by atoms with Crippen molar-refractivity contribution in [2.45, 2.75) is 77.7 Å². The van der Waals surface area contributed by atoms with Gasteiger partial charge in [-0.2, -0.15) is 8.78 Å². The van der Waals surface area contributed by atoms with E-state index < -0.39 is 18.2 Å². The van der Waals surface area contributed by atoms with Gasteiger partial charge in [-0.05, 0) is 71.9 Å². The highest BCUT2D eigenvalue weighted by molar-refractivity contribution is 5.84. The van der Waals surface area contributed by atoms with E-state index in [0.717, 1.165) is 35.7 Å². The third-order valence-corrected chi connectivity index (χ3v) is 6.96. The fraction of sp³-hybridized carbons (Fsp3) is 0.375. The summed E-state index contributed by atoms with van der Waals surface area (Å²) in [5, 5.41) is 1.34. The zero-order valence-corrected chi connectivity index (χ0v) is 22.2. The zero-order valence-electron chi connectivity index (χ0n) is 22.2. The molecule has 0 spiro atoms. The minimum Gasteiger partial charge on any atom is -0.432 e. The number of unbranched alkanes of at least 4 members (excludes halogenated alkanes) is 4. The number of nitrogens with zero attached hydrogens (tertiary/aromatic N) is 2. The largest absolute Gasteiger partial charge is 0.432 e. The van der Waals surface area contributed by atoms with Gasteiger partial charge in [-0.15, -0.1) is 0 Å². The zero-order chi connectivity index (χ0) is 27.6. The van der Waals surface area contributed by atoms with Crippen LogP contribution >= 0.6 is 0 Å². The second kappa shape index (κ2) is 14.1. The van der Waals surface area contributed by atoms with E-state index in [1.54, 1.807) is 12.1 Å². The van der Waals surface area contributed by atoms with E-state index in [9.17, 15) is 13.2 Å². The van der Waals surface area contributed by atoms with Crippen molar-refractivity contribution in [2.24, 2.45) is 0 Å². The summed E-state index contributed by atoms with van der Waals surface area (Å²) in [6.07, 6.45) is 13.3. The van der Waals surface area contributed by atoms with Crippen molar-refractivity contribution in [3.05, 3.63) is 101 Å².